The van der Waals surface area contributed by atoms with E-state index in [-0.39, 0.29) is 12.2 Å². The monoisotopic (exact) mass is 321 g/mol. The molecule has 5 heteroatoms. The van der Waals surface area contributed by atoms with Crippen LogP contribution in [0.1, 0.15) is 11.1 Å². The molecule has 3 nitrogen and oxygen atoms in total. The normalized spacial score (nSPS) is 10.0. The Morgan fingerprint density at radius 3 is 2.47 bits per heavy atom. The van der Waals surface area contributed by atoms with E-state index in [1.165, 1.54) is 12.1 Å². The van der Waals surface area contributed by atoms with Gasteiger partial charge < -0.3 is 9.84 Å². The second-order valence-electron chi connectivity index (χ2n) is 3.77. The summed E-state index contributed by atoms with van der Waals surface area (Å²) in [6.07, 6.45) is 0. The second kappa shape index (κ2) is 5.83. The molecule has 2 aromatic carbocycles. The van der Waals surface area contributed by atoms with Crippen LogP contribution in [0.2, 0.25) is 0 Å². The molecule has 0 atom stereocenters. The highest BCUT2D eigenvalue weighted by Crippen LogP contribution is 2.28. The van der Waals surface area contributed by atoms with Crippen molar-refractivity contribution in [2.45, 2.75) is 6.61 Å². The Hall–Kier alpha value is -1.90. The fourth-order valence-electron chi connectivity index (χ4n) is 1.51. The molecular weight excluding hydrogens is 313 g/mol. The summed E-state index contributed by atoms with van der Waals surface area (Å²) >= 11 is 3.30. The van der Waals surface area contributed by atoms with Crippen LogP contribution < -0.4 is 4.74 Å². The molecular formula is C14H9BrFNO2. The molecule has 0 aliphatic carbocycles. The Morgan fingerprint density at radius 2 is 1.89 bits per heavy atom. The van der Waals surface area contributed by atoms with Crippen LogP contribution in [0.15, 0.2) is 40.9 Å². The summed E-state index contributed by atoms with van der Waals surface area (Å²) in [6, 6.07) is 10.9. The molecule has 1 N–H and O–H groups in total. The maximum atomic E-state index is 13.4. The molecule has 0 aromatic heterocycles. The van der Waals surface area contributed by atoms with Crippen molar-refractivity contribution in [3.63, 3.8) is 0 Å². The first-order chi connectivity index (χ1) is 9.13. The van der Waals surface area contributed by atoms with Crippen LogP contribution in [0.25, 0.3) is 0 Å². The first-order valence-electron chi connectivity index (χ1n) is 5.41. The molecule has 0 heterocycles. The van der Waals surface area contributed by atoms with Crippen LogP contribution in [0, 0.1) is 17.1 Å². The minimum atomic E-state index is -0.619. The highest BCUT2D eigenvalue weighted by atomic mass is 79.9. The van der Waals surface area contributed by atoms with Crippen molar-refractivity contribution in [2.75, 3.05) is 0 Å². The molecule has 0 unspecified atom stereocenters. The average Bonchev–Trinajstić information content (AvgIpc) is 2.39. The summed E-state index contributed by atoms with van der Waals surface area (Å²) < 4.78 is 19.6. The van der Waals surface area contributed by atoms with E-state index in [0.29, 0.717) is 16.0 Å². The molecule has 0 bridgehead atoms. The molecule has 19 heavy (non-hydrogen) atoms. The van der Waals surface area contributed by atoms with Crippen LogP contribution >= 0.6 is 15.9 Å². The molecule has 2 rings (SSSR count). The Labute approximate surface area is 118 Å². The lowest BCUT2D eigenvalue weighted by atomic mass is 10.2. The van der Waals surface area contributed by atoms with E-state index >= 15 is 0 Å². The van der Waals surface area contributed by atoms with E-state index in [1.54, 1.807) is 24.3 Å². The number of nitriles is 1. The van der Waals surface area contributed by atoms with Gasteiger partial charge in [-0.15, -0.1) is 0 Å². The van der Waals surface area contributed by atoms with Gasteiger partial charge >= 0.3 is 0 Å². The zero-order valence-electron chi connectivity index (χ0n) is 9.73. The van der Waals surface area contributed by atoms with E-state index in [0.717, 1.165) is 11.6 Å². The van der Waals surface area contributed by atoms with Gasteiger partial charge in [-0.1, -0.05) is 22.0 Å². The lowest BCUT2D eigenvalue weighted by Gasteiger charge is -2.08. The van der Waals surface area contributed by atoms with Gasteiger partial charge in [0.1, 0.15) is 23.4 Å². The smallest absolute Gasteiger partial charge is 0.144 e. The van der Waals surface area contributed by atoms with E-state index in [1.807, 2.05) is 0 Å². The molecule has 0 aliphatic heterocycles. The molecule has 0 saturated heterocycles. The number of aliphatic hydroxyl groups excluding tert-OH is 1. The van der Waals surface area contributed by atoms with Crippen LogP contribution in [-0.4, -0.2) is 5.11 Å². The van der Waals surface area contributed by atoms with Gasteiger partial charge in [0.15, 0.2) is 0 Å². The lowest BCUT2D eigenvalue weighted by molar-refractivity contribution is 0.281. The molecule has 96 valence electrons. The highest BCUT2D eigenvalue weighted by molar-refractivity contribution is 9.10. The Morgan fingerprint density at radius 1 is 1.21 bits per heavy atom. The number of halogens is 2. The third-order valence-electron chi connectivity index (χ3n) is 2.49. The van der Waals surface area contributed by atoms with Gasteiger partial charge in [0, 0.05) is 10.5 Å². The summed E-state index contributed by atoms with van der Waals surface area (Å²) in [6.45, 7) is -0.0770. The van der Waals surface area contributed by atoms with Crippen LogP contribution in [0.4, 0.5) is 4.39 Å². The topological polar surface area (TPSA) is 53.2 Å². The number of aliphatic hydroxyl groups is 1. The molecule has 0 amide bonds. The van der Waals surface area contributed by atoms with Crippen molar-refractivity contribution >= 4 is 15.9 Å². The molecule has 0 radical (unpaired) electrons. The minimum absolute atomic E-state index is 0.0239. The summed E-state index contributed by atoms with van der Waals surface area (Å²) in [5.41, 5.74) is 0.711. The van der Waals surface area contributed by atoms with E-state index < -0.39 is 5.82 Å². The van der Waals surface area contributed by atoms with Crippen molar-refractivity contribution in [3.05, 3.63) is 57.8 Å². The number of hydrogen-bond acceptors (Lipinski definition) is 3. The fourth-order valence-corrected chi connectivity index (χ4v) is 1.99. The Kier molecular flexibility index (Phi) is 4.15. The summed E-state index contributed by atoms with van der Waals surface area (Å²) in [7, 11) is 0. The van der Waals surface area contributed by atoms with Gasteiger partial charge in [0.2, 0.25) is 0 Å². The maximum absolute atomic E-state index is 13.4. The predicted molar refractivity (Wildman–Crippen MR) is 71.3 cm³/mol. The Balaban J connectivity index is 2.24. The van der Waals surface area contributed by atoms with Crippen LogP contribution in [0.3, 0.4) is 0 Å². The van der Waals surface area contributed by atoms with Crippen molar-refractivity contribution in [1.29, 1.82) is 5.26 Å². The van der Waals surface area contributed by atoms with Gasteiger partial charge in [-0.2, -0.15) is 5.26 Å². The van der Waals surface area contributed by atoms with Gasteiger partial charge in [0.05, 0.1) is 12.2 Å². The number of benzene rings is 2. The SMILES string of the molecule is N#Cc1ccc(Oc2ccc(CO)c(Br)c2)cc1F. The van der Waals surface area contributed by atoms with E-state index in [9.17, 15) is 4.39 Å². The zero-order chi connectivity index (χ0) is 13.8. The number of hydrogen-bond donors (Lipinski definition) is 1. The first-order valence-corrected chi connectivity index (χ1v) is 6.20. The lowest BCUT2D eigenvalue weighted by Crippen LogP contribution is -1.90. The molecule has 0 saturated carbocycles. The van der Waals surface area contributed by atoms with Gasteiger partial charge in [0.25, 0.3) is 0 Å². The predicted octanol–water partition coefficient (Wildman–Crippen LogP) is 3.74. The number of rotatable bonds is 3. The molecule has 2 aromatic rings. The summed E-state index contributed by atoms with van der Waals surface area (Å²) in [5.74, 6) is 0.194. The standard InChI is InChI=1S/C14H9BrFNO2/c15-13-5-11(4-2-10(13)8-18)19-12-3-1-9(7-17)14(16)6-12/h1-6,18H,8H2. The summed E-state index contributed by atoms with van der Waals surface area (Å²) in [4.78, 5) is 0. The maximum Gasteiger partial charge on any atom is 0.144 e. The molecule has 0 aliphatic rings. The van der Waals surface area contributed by atoms with Gasteiger partial charge in [-0.05, 0) is 29.8 Å². The third kappa shape index (κ3) is 3.11. The van der Waals surface area contributed by atoms with Gasteiger partial charge in [-0.3, -0.25) is 0 Å². The average molecular weight is 322 g/mol. The third-order valence-corrected chi connectivity index (χ3v) is 3.23. The minimum Gasteiger partial charge on any atom is -0.457 e. The first kappa shape index (κ1) is 13.5. The number of nitrogens with zero attached hydrogens (tertiary/aromatic N) is 1. The van der Waals surface area contributed by atoms with E-state index in [2.05, 4.69) is 15.9 Å². The highest BCUT2D eigenvalue weighted by Gasteiger charge is 2.06. The van der Waals surface area contributed by atoms with E-state index in [4.69, 9.17) is 15.1 Å². The van der Waals surface area contributed by atoms with Crippen molar-refractivity contribution in [3.8, 4) is 17.6 Å². The quantitative estimate of drug-likeness (QED) is 0.936. The second-order valence-corrected chi connectivity index (χ2v) is 4.62. The molecule has 0 fully saturated rings. The zero-order valence-corrected chi connectivity index (χ0v) is 11.3. The summed E-state index contributed by atoms with van der Waals surface area (Å²) in [5, 5.41) is 17.7. The van der Waals surface area contributed by atoms with Crippen molar-refractivity contribution < 1.29 is 14.2 Å². The largest absolute Gasteiger partial charge is 0.457 e. The van der Waals surface area contributed by atoms with Crippen molar-refractivity contribution in [2.24, 2.45) is 0 Å². The van der Waals surface area contributed by atoms with Crippen LogP contribution in [0.5, 0.6) is 11.5 Å². The Bertz CT molecular complexity index is 652. The fraction of sp³-hybridized carbons (Fsp3) is 0.0714. The van der Waals surface area contributed by atoms with Crippen LogP contribution in [-0.2, 0) is 6.61 Å². The van der Waals surface area contributed by atoms with Gasteiger partial charge in [-0.25, -0.2) is 4.39 Å². The van der Waals surface area contributed by atoms with Crippen molar-refractivity contribution in [1.82, 2.24) is 0 Å². The number of ether oxygens (including phenoxy) is 1. The molecule has 0 spiro atoms.